The third-order valence-electron chi connectivity index (χ3n) is 3.84. The van der Waals surface area contributed by atoms with E-state index in [0.717, 1.165) is 26.6 Å². The van der Waals surface area contributed by atoms with E-state index in [9.17, 15) is 4.79 Å². The lowest BCUT2D eigenvalue weighted by molar-refractivity contribution is 0.101. The van der Waals surface area contributed by atoms with Gasteiger partial charge in [0.25, 0.3) is 5.91 Å². The largest absolute Gasteiger partial charge is 0.296 e. The molecule has 23 heavy (non-hydrogen) atoms. The van der Waals surface area contributed by atoms with Gasteiger partial charge in [-0.05, 0) is 23.9 Å². The molecule has 114 valence electrons. The molecule has 0 unspecified atom stereocenters. The van der Waals surface area contributed by atoms with E-state index in [0.29, 0.717) is 10.8 Å². The molecule has 0 aliphatic rings. The Kier molecular flexibility index (Phi) is 3.12. The van der Waals surface area contributed by atoms with Crippen LogP contribution in [0.25, 0.3) is 21.0 Å². The molecule has 0 saturated heterocycles. The van der Waals surface area contributed by atoms with Gasteiger partial charge in [-0.25, -0.2) is 4.98 Å². The van der Waals surface area contributed by atoms with Crippen LogP contribution in [0.2, 0.25) is 0 Å². The molecular formula is C17H14N4OS. The number of rotatable bonds is 2. The molecule has 0 aliphatic heterocycles. The average Bonchev–Trinajstić information content (AvgIpc) is 3.10. The number of nitrogens with one attached hydrogen (secondary N) is 1. The van der Waals surface area contributed by atoms with Gasteiger partial charge >= 0.3 is 0 Å². The minimum absolute atomic E-state index is 0.189. The van der Waals surface area contributed by atoms with Gasteiger partial charge in [-0.3, -0.25) is 14.8 Å². The lowest BCUT2D eigenvalue weighted by atomic mass is 10.1. The number of aryl methyl sites for hydroxylation is 2. The van der Waals surface area contributed by atoms with Crippen LogP contribution in [-0.4, -0.2) is 20.7 Å². The van der Waals surface area contributed by atoms with Crippen molar-refractivity contribution in [2.45, 2.75) is 6.92 Å². The van der Waals surface area contributed by atoms with Crippen LogP contribution in [0.4, 0.5) is 5.13 Å². The van der Waals surface area contributed by atoms with Crippen molar-refractivity contribution in [3.8, 4) is 0 Å². The van der Waals surface area contributed by atoms with E-state index in [4.69, 9.17) is 0 Å². The molecule has 0 spiro atoms. The topological polar surface area (TPSA) is 59.8 Å². The van der Waals surface area contributed by atoms with E-state index in [1.165, 1.54) is 11.3 Å². The number of aromatic nitrogens is 3. The second kappa shape index (κ2) is 5.17. The zero-order valence-corrected chi connectivity index (χ0v) is 13.5. The summed E-state index contributed by atoms with van der Waals surface area (Å²) in [4.78, 5) is 17.1. The average molecular weight is 322 g/mol. The van der Waals surface area contributed by atoms with Crippen LogP contribution in [0.1, 0.15) is 16.1 Å². The van der Waals surface area contributed by atoms with Crippen LogP contribution in [0.15, 0.2) is 42.6 Å². The number of benzene rings is 2. The second-order valence-electron chi connectivity index (χ2n) is 5.41. The van der Waals surface area contributed by atoms with Crippen LogP contribution in [0.3, 0.4) is 0 Å². The Labute approximate surface area is 136 Å². The SMILES string of the molecule is Cc1cnn(C)c1C(=O)Nc1nc2c(ccc3ccccc32)s1. The molecule has 0 saturated carbocycles. The Morgan fingerprint density at radius 1 is 1.22 bits per heavy atom. The zero-order valence-electron chi connectivity index (χ0n) is 12.7. The van der Waals surface area contributed by atoms with E-state index in [1.54, 1.807) is 17.9 Å². The first-order chi connectivity index (χ1) is 11.1. The first kappa shape index (κ1) is 13.9. The van der Waals surface area contributed by atoms with Crippen molar-refractivity contribution in [3.63, 3.8) is 0 Å². The highest BCUT2D eigenvalue weighted by atomic mass is 32.1. The predicted molar refractivity (Wildman–Crippen MR) is 93.0 cm³/mol. The van der Waals surface area contributed by atoms with Crippen LogP contribution in [0.5, 0.6) is 0 Å². The quantitative estimate of drug-likeness (QED) is 0.611. The fourth-order valence-electron chi connectivity index (χ4n) is 2.74. The summed E-state index contributed by atoms with van der Waals surface area (Å²) in [6.07, 6.45) is 1.68. The molecule has 1 amide bonds. The van der Waals surface area contributed by atoms with Gasteiger partial charge in [0.1, 0.15) is 5.69 Å². The van der Waals surface area contributed by atoms with Crippen LogP contribution in [0, 0.1) is 6.92 Å². The van der Waals surface area contributed by atoms with Gasteiger partial charge in [0.2, 0.25) is 0 Å². The summed E-state index contributed by atoms with van der Waals surface area (Å²) in [5.74, 6) is -0.189. The number of hydrogen-bond donors (Lipinski definition) is 1. The normalized spacial score (nSPS) is 11.2. The first-order valence-corrected chi connectivity index (χ1v) is 8.03. The fraction of sp³-hybridized carbons (Fsp3) is 0.118. The Morgan fingerprint density at radius 3 is 2.83 bits per heavy atom. The number of carbonyl (C=O) groups is 1. The van der Waals surface area contributed by atoms with Crippen molar-refractivity contribution in [1.82, 2.24) is 14.8 Å². The third kappa shape index (κ3) is 2.27. The number of fused-ring (bicyclic) bond motifs is 3. The van der Waals surface area contributed by atoms with Gasteiger partial charge in [-0.1, -0.05) is 41.7 Å². The summed E-state index contributed by atoms with van der Waals surface area (Å²) in [5.41, 5.74) is 2.32. The lowest BCUT2D eigenvalue weighted by Crippen LogP contribution is -2.17. The standard InChI is InChI=1S/C17H14N4OS/c1-10-9-18-21(2)15(10)16(22)20-17-19-14-12-6-4-3-5-11(12)7-8-13(14)23-17/h3-9H,1-2H3,(H,19,20,22). The Bertz CT molecular complexity index is 1030. The molecule has 5 nitrogen and oxygen atoms in total. The molecule has 1 N–H and O–H groups in total. The number of hydrogen-bond acceptors (Lipinski definition) is 4. The number of anilines is 1. The molecule has 0 radical (unpaired) electrons. The number of nitrogens with zero attached hydrogens (tertiary/aromatic N) is 3. The van der Waals surface area contributed by atoms with E-state index < -0.39 is 0 Å². The maximum atomic E-state index is 12.5. The number of amides is 1. The van der Waals surface area contributed by atoms with E-state index >= 15 is 0 Å². The van der Waals surface area contributed by atoms with Gasteiger partial charge in [0, 0.05) is 12.4 Å². The van der Waals surface area contributed by atoms with Gasteiger partial charge in [0.05, 0.1) is 16.4 Å². The summed E-state index contributed by atoms with van der Waals surface area (Å²) in [6, 6.07) is 12.2. The summed E-state index contributed by atoms with van der Waals surface area (Å²) < 4.78 is 2.63. The Morgan fingerprint density at radius 2 is 2.04 bits per heavy atom. The van der Waals surface area contributed by atoms with E-state index in [1.807, 2.05) is 31.2 Å². The Hall–Kier alpha value is -2.73. The molecule has 0 fully saturated rings. The van der Waals surface area contributed by atoms with Gasteiger partial charge in [-0.15, -0.1) is 0 Å². The molecule has 2 aromatic carbocycles. The highest BCUT2D eigenvalue weighted by Gasteiger charge is 2.16. The van der Waals surface area contributed by atoms with E-state index in [2.05, 4.69) is 27.5 Å². The smallest absolute Gasteiger partial charge is 0.275 e. The van der Waals surface area contributed by atoms with Crippen molar-refractivity contribution < 1.29 is 4.79 Å². The predicted octanol–water partition coefficient (Wildman–Crippen LogP) is 3.74. The molecule has 4 rings (SSSR count). The molecular weight excluding hydrogens is 308 g/mol. The zero-order chi connectivity index (χ0) is 16.0. The van der Waals surface area contributed by atoms with Crippen molar-refractivity contribution in [2.24, 2.45) is 7.05 Å². The third-order valence-corrected chi connectivity index (χ3v) is 4.78. The minimum atomic E-state index is -0.189. The summed E-state index contributed by atoms with van der Waals surface area (Å²) in [6.45, 7) is 1.87. The summed E-state index contributed by atoms with van der Waals surface area (Å²) >= 11 is 1.48. The molecule has 0 aliphatic carbocycles. The molecule has 2 aromatic heterocycles. The monoisotopic (exact) mass is 322 g/mol. The number of carbonyl (C=O) groups excluding carboxylic acids is 1. The molecule has 4 aromatic rings. The van der Waals surface area contributed by atoms with Gasteiger partial charge < -0.3 is 0 Å². The minimum Gasteiger partial charge on any atom is -0.296 e. The maximum absolute atomic E-state index is 12.5. The fourth-order valence-corrected chi connectivity index (χ4v) is 3.62. The molecule has 0 atom stereocenters. The van der Waals surface area contributed by atoms with Gasteiger partial charge in [0.15, 0.2) is 5.13 Å². The second-order valence-corrected chi connectivity index (χ2v) is 6.44. The van der Waals surface area contributed by atoms with Crippen LogP contribution >= 0.6 is 11.3 Å². The lowest BCUT2D eigenvalue weighted by Gasteiger charge is -2.03. The van der Waals surface area contributed by atoms with Gasteiger partial charge in [-0.2, -0.15) is 5.10 Å². The highest BCUT2D eigenvalue weighted by Crippen LogP contribution is 2.31. The van der Waals surface area contributed by atoms with Crippen LogP contribution < -0.4 is 5.32 Å². The highest BCUT2D eigenvalue weighted by molar-refractivity contribution is 7.22. The van der Waals surface area contributed by atoms with E-state index in [-0.39, 0.29) is 5.91 Å². The summed E-state index contributed by atoms with van der Waals surface area (Å²) in [5, 5.41) is 9.83. The van der Waals surface area contributed by atoms with Crippen molar-refractivity contribution in [3.05, 3.63) is 53.9 Å². The van der Waals surface area contributed by atoms with Crippen molar-refractivity contribution >= 4 is 43.4 Å². The summed E-state index contributed by atoms with van der Waals surface area (Å²) in [7, 11) is 1.76. The Balaban J connectivity index is 1.75. The van der Waals surface area contributed by atoms with Crippen LogP contribution in [-0.2, 0) is 7.05 Å². The van der Waals surface area contributed by atoms with Crippen molar-refractivity contribution in [1.29, 1.82) is 0 Å². The maximum Gasteiger partial charge on any atom is 0.275 e. The molecule has 2 heterocycles. The first-order valence-electron chi connectivity index (χ1n) is 7.22. The van der Waals surface area contributed by atoms with Crippen molar-refractivity contribution in [2.75, 3.05) is 5.32 Å². The number of thiazole rings is 1. The molecule has 0 bridgehead atoms. The molecule has 6 heteroatoms.